The third kappa shape index (κ3) is 4.29. The molecule has 0 radical (unpaired) electrons. The second-order valence-electron chi connectivity index (χ2n) is 5.45. The van der Waals surface area contributed by atoms with E-state index in [1.807, 2.05) is 13.8 Å². The number of hydrogen-bond acceptors (Lipinski definition) is 3. The highest BCUT2D eigenvalue weighted by Gasteiger charge is 2.26. The maximum atomic E-state index is 11.7. The molecule has 0 aliphatic heterocycles. The van der Waals surface area contributed by atoms with Gasteiger partial charge in [-0.2, -0.15) is 0 Å². The van der Waals surface area contributed by atoms with Crippen LogP contribution in [0.2, 0.25) is 0 Å². The molecular weight excluding hydrogens is 232 g/mol. The molecule has 1 rings (SSSR count). The van der Waals surface area contributed by atoms with Gasteiger partial charge in [0.25, 0.3) is 0 Å². The van der Waals surface area contributed by atoms with Crippen molar-refractivity contribution in [1.82, 2.24) is 5.32 Å². The number of rotatable bonds is 5. The van der Waals surface area contributed by atoms with E-state index in [0.29, 0.717) is 12.5 Å². The van der Waals surface area contributed by atoms with E-state index in [-0.39, 0.29) is 23.8 Å². The molecule has 5 heteroatoms. The molecule has 18 heavy (non-hydrogen) atoms. The van der Waals surface area contributed by atoms with Gasteiger partial charge in [0.1, 0.15) is 0 Å². The first-order valence-electron chi connectivity index (χ1n) is 6.68. The van der Waals surface area contributed by atoms with E-state index < -0.39 is 5.97 Å². The van der Waals surface area contributed by atoms with Crippen molar-refractivity contribution in [3.8, 4) is 0 Å². The van der Waals surface area contributed by atoms with Crippen LogP contribution in [-0.2, 0) is 9.59 Å². The molecule has 0 spiro atoms. The third-order valence-corrected chi connectivity index (χ3v) is 3.96. The summed E-state index contributed by atoms with van der Waals surface area (Å²) in [7, 11) is 0. The Morgan fingerprint density at radius 3 is 2.28 bits per heavy atom. The zero-order valence-electron chi connectivity index (χ0n) is 11.2. The van der Waals surface area contributed by atoms with Crippen molar-refractivity contribution in [1.29, 1.82) is 0 Å². The number of carboxylic acids is 1. The van der Waals surface area contributed by atoms with Crippen molar-refractivity contribution >= 4 is 11.9 Å². The van der Waals surface area contributed by atoms with Crippen LogP contribution >= 0.6 is 0 Å². The molecule has 5 nitrogen and oxygen atoms in total. The molecule has 0 bridgehead atoms. The Morgan fingerprint density at radius 2 is 1.83 bits per heavy atom. The molecule has 0 aromatic carbocycles. The van der Waals surface area contributed by atoms with Crippen LogP contribution in [0.1, 0.15) is 39.5 Å². The predicted molar refractivity (Wildman–Crippen MR) is 68.9 cm³/mol. The summed E-state index contributed by atoms with van der Waals surface area (Å²) in [6, 6.07) is -0.146. The van der Waals surface area contributed by atoms with Crippen molar-refractivity contribution < 1.29 is 14.7 Å². The van der Waals surface area contributed by atoms with E-state index in [4.69, 9.17) is 10.8 Å². The van der Waals surface area contributed by atoms with Crippen molar-refractivity contribution in [3.05, 3.63) is 0 Å². The quantitative estimate of drug-likeness (QED) is 0.683. The van der Waals surface area contributed by atoms with E-state index in [1.54, 1.807) is 0 Å². The minimum Gasteiger partial charge on any atom is -0.481 e. The number of aliphatic carboxylic acids is 1. The zero-order valence-corrected chi connectivity index (χ0v) is 11.2. The summed E-state index contributed by atoms with van der Waals surface area (Å²) in [4.78, 5) is 22.5. The molecule has 2 atom stereocenters. The largest absolute Gasteiger partial charge is 0.481 e. The van der Waals surface area contributed by atoms with E-state index in [0.717, 1.165) is 25.7 Å². The predicted octanol–water partition coefficient (Wildman–Crippen LogP) is 0.977. The van der Waals surface area contributed by atoms with Gasteiger partial charge in [-0.05, 0) is 38.5 Å². The van der Waals surface area contributed by atoms with Crippen LogP contribution < -0.4 is 11.1 Å². The van der Waals surface area contributed by atoms with Crippen LogP contribution in [0.15, 0.2) is 0 Å². The Kier molecular flexibility index (Phi) is 5.59. The van der Waals surface area contributed by atoms with Crippen LogP contribution in [0.4, 0.5) is 0 Å². The maximum absolute atomic E-state index is 11.7. The van der Waals surface area contributed by atoms with E-state index in [1.165, 1.54) is 0 Å². The molecule has 1 aliphatic carbocycles. The van der Waals surface area contributed by atoms with Crippen LogP contribution in [0.3, 0.4) is 0 Å². The van der Waals surface area contributed by atoms with Gasteiger partial charge in [-0.1, -0.05) is 6.92 Å². The molecule has 4 N–H and O–H groups in total. The van der Waals surface area contributed by atoms with Crippen molar-refractivity contribution in [2.75, 3.05) is 6.54 Å². The summed E-state index contributed by atoms with van der Waals surface area (Å²) in [6.45, 7) is 4.28. The van der Waals surface area contributed by atoms with Gasteiger partial charge in [0.2, 0.25) is 5.91 Å². The Morgan fingerprint density at radius 1 is 1.28 bits per heavy atom. The number of carboxylic acid groups (broad SMARTS) is 1. The molecular formula is C13H24N2O3. The fourth-order valence-corrected chi connectivity index (χ4v) is 2.26. The van der Waals surface area contributed by atoms with Gasteiger partial charge >= 0.3 is 5.97 Å². The lowest BCUT2D eigenvalue weighted by Gasteiger charge is -2.26. The zero-order chi connectivity index (χ0) is 13.7. The van der Waals surface area contributed by atoms with Gasteiger partial charge in [0.05, 0.1) is 5.92 Å². The Labute approximate surface area is 108 Å². The second-order valence-corrected chi connectivity index (χ2v) is 5.45. The highest BCUT2D eigenvalue weighted by atomic mass is 16.4. The number of amides is 1. The van der Waals surface area contributed by atoms with Crippen LogP contribution in [0.25, 0.3) is 0 Å². The Bertz CT molecular complexity index is 297. The van der Waals surface area contributed by atoms with Crippen molar-refractivity contribution in [3.63, 3.8) is 0 Å². The van der Waals surface area contributed by atoms with Gasteiger partial charge in [0, 0.05) is 18.5 Å². The second kappa shape index (κ2) is 6.73. The smallest absolute Gasteiger partial charge is 0.306 e. The molecule has 0 heterocycles. The minimum absolute atomic E-state index is 0.00893. The molecule has 104 valence electrons. The summed E-state index contributed by atoms with van der Waals surface area (Å²) in [5, 5.41) is 11.8. The van der Waals surface area contributed by atoms with E-state index in [2.05, 4.69) is 5.32 Å². The fourth-order valence-electron chi connectivity index (χ4n) is 2.26. The Hall–Kier alpha value is -1.10. The molecule has 1 amide bonds. The molecule has 0 saturated heterocycles. The van der Waals surface area contributed by atoms with E-state index >= 15 is 0 Å². The summed E-state index contributed by atoms with van der Waals surface area (Å²) < 4.78 is 0. The van der Waals surface area contributed by atoms with Gasteiger partial charge < -0.3 is 16.2 Å². The first kappa shape index (κ1) is 15.0. The van der Waals surface area contributed by atoms with Crippen LogP contribution in [-0.4, -0.2) is 29.6 Å². The topological polar surface area (TPSA) is 92.4 Å². The molecule has 1 aliphatic rings. The number of nitrogens with one attached hydrogen (secondary N) is 1. The number of nitrogens with two attached hydrogens (primary N) is 1. The lowest BCUT2D eigenvalue weighted by Crippen LogP contribution is -2.41. The van der Waals surface area contributed by atoms with Gasteiger partial charge in [0.15, 0.2) is 0 Å². The van der Waals surface area contributed by atoms with Gasteiger partial charge in [-0.15, -0.1) is 0 Å². The van der Waals surface area contributed by atoms with Gasteiger partial charge in [-0.3, -0.25) is 9.59 Å². The standard InChI is InChI=1S/C13H24N2O3/c1-8(9(2)14)12(16)15-7-10-3-5-11(6-4-10)13(17)18/h8-11H,3-7,14H2,1-2H3,(H,15,16)(H,17,18). The maximum Gasteiger partial charge on any atom is 0.306 e. The summed E-state index contributed by atoms with van der Waals surface area (Å²) >= 11 is 0. The monoisotopic (exact) mass is 256 g/mol. The highest BCUT2D eigenvalue weighted by molar-refractivity contribution is 5.78. The van der Waals surface area contributed by atoms with Gasteiger partial charge in [-0.25, -0.2) is 0 Å². The number of hydrogen-bond donors (Lipinski definition) is 3. The third-order valence-electron chi connectivity index (χ3n) is 3.96. The molecule has 0 aromatic heterocycles. The highest BCUT2D eigenvalue weighted by Crippen LogP contribution is 2.28. The summed E-state index contributed by atoms with van der Waals surface area (Å²) in [5.74, 6) is -0.668. The molecule has 0 aromatic rings. The van der Waals surface area contributed by atoms with Crippen LogP contribution in [0.5, 0.6) is 0 Å². The lowest BCUT2D eigenvalue weighted by molar-refractivity contribution is -0.143. The average Bonchev–Trinajstić information content (AvgIpc) is 2.35. The van der Waals surface area contributed by atoms with E-state index in [9.17, 15) is 9.59 Å². The first-order chi connectivity index (χ1) is 8.41. The lowest BCUT2D eigenvalue weighted by atomic mass is 9.82. The summed E-state index contributed by atoms with van der Waals surface area (Å²) in [5.41, 5.74) is 5.67. The summed E-state index contributed by atoms with van der Waals surface area (Å²) in [6.07, 6.45) is 3.20. The number of carbonyl (C=O) groups is 2. The first-order valence-corrected chi connectivity index (χ1v) is 6.68. The fraction of sp³-hybridized carbons (Fsp3) is 0.846. The molecule has 1 saturated carbocycles. The average molecular weight is 256 g/mol. The molecule has 2 unspecified atom stereocenters. The van der Waals surface area contributed by atoms with Crippen molar-refractivity contribution in [2.45, 2.75) is 45.6 Å². The van der Waals surface area contributed by atoms with Crippen molar-refractivity contribution in [2.24, 2.45) is 23.5 Å². The molecule has 1 fully saturated rings. The minimum atomic E-state index is -0.692. The SMILES string of the molecule is CC(N)C(C)C(=O)NCC1CCC(C(=O)O)CC1. The Balaban J connectivity index is 2.26. The van der Waals surface area contributed by atoms with Crippen LogP contribution in [0, 0.1) is 17.8 Å². The number of carbonyl (C=O) groups excluding carboxylic acids is 1. The normalized spacial score (nSPS) is 27.3.